The Morgan fingerprint density at radius 2 is 2.38 bits per heavy atom. The Balaban J connectivity index is 2.64. The lowest BCUT2D eigenvalue weighted by molar-refractivity contribution is -0.134. The molecule has 0 radical (unpaired) electrons. The van der Waals surface area contributed by atoms with Gasteiger partial charge in [0, 0.05) is 20.3 Å². The molecular weight excluding hydrogens is 247 g/mol. The molecule has 88 valence electrons. The molecule has 1 unspecified atom stereocenters. The van der Waals surface area contributed by atoms with E-state index >= 15 is 0 Å². The number of halogens is 1. The molecule has 1 aromatic carbocycles. The van der Waals surface area contributed by atoms with Crippen LogP contribution in [0, 0.1) is 0 Å². The molecule has 0 saturated carbocycles. The van der Waals surface area contributed by atoms with E-state index in [2.05, 4.69) is 0 Å². The molecule has 0 aromatic heterocycles. The lowest BCUT2D eigenvalue weighted by Crippen LogP contribution is -2.06. The van der Waals surface area contributed by atoms with Crippen LogP contribution in [0.1, 0.15) is 18.1 Å². The van der Waals surface area contributed by atoms with Crippen LogP contribution in [-0.4, -0.2) is 19.7 Å². The standard InChI is InChI=1S/C11H14ClO3P/c1-16-15-6-5-11(14-8-13)9-3-2-4-10(12)7-9/h2-4,7-8,11,16H,5-6H2,1H3/t11-/m1/s1. The Kier molecular flexibility index (Phi) is 6.39. The molecule has 0 aliphatic carbocycles. The van der Waals surface area contributed by atoms with E-state index in [0.29, 0.717) is 33.3 Å². The molecule has 0 saturated heterocycles. The van der Waals surface area contributed by atoms with Gasteiger partial charge < -0.3 is 9.26 Å². The van der Waals surface area contributed by atoms with Gasteiger partial charge in [0.25, 0.3) is 6.47 Å². The van der Waals surface area contributed by atoms with Crippen molar-refractivity contribution >= 4 is 26.9 Å². The van der Waals surface area contributed by atoms with E-state index in [4.69, 9.17) is 20.9 Å². The van der Waals surface area contributed by atoms with Crippen molar-refractivity contribution in [3.05, 3.63) is 34.9 Å². The molecule has 0 amide bonds. The third kappa shape index (κ3) is 4.48. The van der Waals surface area contributed by atoms with Crippen LogP contribution in [0.3, 0.4) is 0 Å². The van der Waals surface area contributed by atoms with Gasteiger partial charge in [0.05, 0.1) is 6.61 Å². The first-order chi connectivity index (χ1) is 7.77. The van der Waals surface area contributed by atoms with Crippen molar-refractivity contribution in [2.45, 2.75) is 12.5 Å². The van der Waals surface area contributed by atoms with Gasteiger partial charge in [0.15, 0.2) is 0 Å². The first-order valence-corrected chi connectivity index (χ1v) is 6.69. The van der Waals surface area contributed by atoms with Gasteiger partial charge in [0.2, 0.25) is 0 Å². The van der Waals surface area contributed by atoms with Crippen molar-refractivity contribution in [2.75, 3.05) is 13.3 Å². The number of ether oxygens (including phenoxy) is 1. The van der Waals surface area contributed by atoms with Crippen LogP contribution in [0.25, 0.3) is 0 Å². The summed E-state index contributed by atoms with van der Waals surface area (Å²) in [5, 5.41) is 0.635. The van der Waals surface area contributed by atoms with Crippen LogP contribution >= 0.6 is 20.4 Å². The average molecular weight is 261 g/mol. The number of carbonyl (C=O) groups excluding carboxylic acids is 1. The second-order valence-electron chi connectivity index (χ2n) is 3.12. The Labute approximate surface area is 102 Å². The molecule has 0 heterocycles. The summed E-state index contributed by atoms with van der Waals surface area (Å²) in [4.78, 5) is 10.4. The van der Waals surface area contributed by atoms with Gasteiger partial charge in [-0.1, -0.05) is 23.7 Å². The maximum Gasteiger partial charge on any atom is 0.293 e. The smallest absolute Gasteiger partial charge is 0.293 e. The zero-order valence-corrected chi connectivity index (χ0v) is 10.7. The number of carbonyl (C=O) groups is 1. The zero-order valence-electron chi connectivity index (χ0n) is 8.98. The summed E-state index contributed by atoms with van der Waals surface area (Å²) in [6, 6.07) is 7.30. The molecule has 16 heavy (non-hydrogen) atoms. The predicted octanol–water partition coefficient (Wildman–Crippen LogP) is 3.18. The van der Waals surface area contributed by atoms with Crippen LogP contribution in [0.15, 0.2) is 24.3 Å². The van der Waals surface area contributed by atoms with Crippen molar-refractivity contribution in [3.63, 3.8) is 0 Å². The van der Waals surface area contributed by atoms with Crippen LogP contribution in [0.5, 0.6) is 0 Å². The second kappa shape index (κ2) is 7.61. The van der Waals surface area contributed by atoms with Gasteiger partial charge in [-0.3, -0.25) is 4.79 Å². The van der Waals surface area contributed by atoms with E-state index in [1.54, 1.807) is 12.1 Å². The predicted molar refractivity (Wildman–Crippen MR) is 66.2 cm³/mol. The fourth-order valence-electron chi connectivity index (χ4n) is 1.36. The molecular formula is C11H14ClO3P. The molecule has 3 nitrogen and oxygen atoms in total. The normalized spacial score (nSPS) is 12.9. The highest BCUT2D eigenvalue weighted by Crippen LogP contribution is 2.24. The molecule has 5 heteroatoms. The third-order valence-electron chi connectivity index (χ3n) is 2.07. The SMILES string of the molecule is CPOCC[C@@H](OC=O)c1cccc(Cl)c1. The lowest BCUT2D eigenvalue weighted by Gasteiger charge is -2.15. The number of benzene rings is 1. The minimum absolute atomic E-state index is 0.285. The Bertz CT molecular complexity index is 333. The van der Waals surface area contributed by atoms with Gasteiger partial charge in [-0.15, -0.1) is 0 Å². The van der Waals surface area contributed by atoms with E-state index in [1.165, 1.54) is 0 Å². The maximum atomic E-state index is 10.4. The van der Waals surface area contributed by atoms with E-state index in [0.717, 1.165) is 5.56 Å². The molecule has 0 bridgehead atoms. The number of hydrogen-bond donors (Lipinski definition) is 0. The van der Waals surface area contributed by atoms with Crippen molar-refractivity contribution in [2.24, 2.45) is 0 Å². The summed E-state index contributed by atoms with van der Waals surface area (Å²) in [5.41, 5.74) is 0.891. The van der Waals surface area contributed by atoms with E-state index in [1.807, 2.05) is 18.8 Å². The van der Waals surface area contributed by atoms with Crippen molar-refractivity contribution in [3.8, 4) is 0 Å². The molecule has 1 aromatic rings. The molecule has 0 spiro atoms. The van der Waals surface area contributed by atoms with E-state index < -0.39 is 0 Å². The van der Waals surface area contributed by atoms with Gasteiger partial charge in [-0.25, -0.2) is 0 Å². The minimum atomic E-state index is -0.285. The summed E-state index contributed by atoms with van der Waals surface area (Å²) in [7, 11) is 0.445. The molecule has 0 aliphatic heterocycles. The fourth-order valence-corrected chi connectivity index (χ4v) is 1.88. The second-order valence-corrected chi connectivity index (χ2v) is 4.25. The van der Waals surface area contributed by atoms with Gasteiger partial charge in [0.1, 0.15) is 6.10 Å². The summed E-state index contributed by atoms with van der Waals surface area (Å²) in [6.45, 7) is 2.98. The minimum Gasteiger partial charge on any atom is -0.460 e. The van der Waals surface area contributed by atoms with Crippen molar-refractivity contribution in [1.82, 2.24) is 0 Å². The summed E-state index contributed by atoms with van der Waals surface area (Å²) in [5.74, 6) is 0. The third-order valence-corrected chi connectivity index (χ3v) is 2.79. The van der Waals surface area contributed by atoms with Crippen LogP contribution in [0.2, 0.25) is 5.02 Å². The highest BCUT2D eigenvalue weighted by molar-refractivity contribution is 7.31. The first-order valence-electron chi connectivity index (χ1n) is 4.91. The molecule has 1 rings (SSSR count). The molecule has 0 N–H and O–H groups in total. The highest BCUT2D eigenvalue weighted by Gasteiger charge is 2.12. The summed E-state index contributed by atoms with van der Waals surface area (Å²) < 4.78 is 10.3. The van der Waals surface area contributed by atoms with Crippen molar-refractivity contribution in [1.29, 1.82) is 0 Å². The van der Waals surface area contributed by atoms with Gasteiger partial charge in [-0.2, -0.15) is 0 Å². The van der Waals surface area contributed by atoms with E-state index in [-0.39, 0.29) is 6.10 Å². The lowest BCUT2D eigenvalue weighted by atomic mass is 10.1. The topological polar surface area (TPSA) is 35.5 Å². The number of hydrogen-bond acceptors (Lipinski definition) is 3. The van der Waals surface area contributed by atoms with Crippen LogP contribution in [0.4, 0.5) is 0 Å². The molecule has 0 aliphatic rings. The quantitative estimate of drug-likeness (QED) is 0.429. The van der Waals surface area contributed by atoms with Crippen LogP contribution < -0.4 is 0 Å². The summed E-state index contributed by atoms with van der Waals surface area (Å²) in [6.07, 6.45) is 0.354. The fraction of sp³-hybridized carbons (Fsp3) is 0.364. The van der Waals surface area contributed by atoms with Crippen LogP contribution in [-0.2, 0) is 14.1 Å². The zero-order chi connectivity index (χ0) is 11.8. The first kappa shape index (κ1) is 13.4. The molecule has 2 atom stereocenters. The monoisotopic (exact) mass is 260 g/mol. The summed E-state index contributed by atoms with van der Waals surface area (Å²) >= 11 is 5.88. The Morgan fingerprint density at radius 3 is 3.00 bits per heavy atom. The largest absolute Gasteiger partial charge is 0.460 e. The van der Waals surface area contributed by atoms with Gasteiger partial charge in [-0.05, 0) is 24.4 Å². The highest BCUT2D eigenvalue weighted by atomic mass is 35.5. The van der Waals surface area contributed by atoms with E-state index in [9.17, 15) is 4.79 Å². The Morgan fingerprint density at radius 1 is 1.56 bits per heavy atom. The maximum absolute atomic E-state index is 10.4. The average Bonchev–Trinajstić information content (AvgIpc) is 2.28. The molecule has 0 fully saturated rings. The Hall–Kier alpha value is -0.630. The number of rotatable bonds is 7. The van der Waals surface area contributed by atoms with Crippen molar-refractivity contribution < 1.29 is 14.1 Å². The van der Waals surface area contributed by atoms with Gasteiger partial charge >= 0.3 is 0 Å².